The van der Waals surface area contributed by atoms with Gasteiger partial charge in [0.05, 0.1) is 22.9 Å². The number of thioether (sulfide) groups is 1. The first kappa shape index (κ1) is 17.7. The highest BCUT2D eigenvalue weighted by Crippen LogP contribution is 2.24. The molecular weight excluding hydrogens is 345 g/mol. The second-order valence-electron chi connectivity index (χ2n) is 5.02. The van der Waals surface area contributed by atoms with Gasteiger partial charge in [0.1, 0.15) is 5.82 Å². The Morgan fingerprint density at radius 3 is 2.74 bits per heavy atom. The Kier molecular flexibility index (Phi) is 6.00. The smallest absolute Gasteiger partial charge is 0.316 e. The number of nitrogens with one attached hydrogen (secondary N) is 1. The summed E-state index contributed by atoms with van der Waals surface area (Å²) in [4.78, 5) is 23.1. The van der Waals surface area contributed by atoms with E-state index < -0.39 is 34.1 Å². The first-order valence-corrected chi connectivity index (χ1v) is 9.75. The highest BCUT2D eigenvalue weighted by atomic mass is 32.2. The molecule has 1 aromatic rings. The monoisotopic (exact) mass is 361 g/mol. The number of carbonyl (C=O) groups excluding carboxylic acids is 2. The molecule has 1 amide bonds. The summed E-state index contributed by atoms with van der Waals surface area (Å²) in [6, 6.07) is 5.65. The molecule has 1 aromatic carbocycles. The van der Waals surface area contributed by atoms with Gasteiger partial charge in [-0.1, -0.05) is 12.1 Å². The number of amides is 1. The molecule has 126 valence electrons. The Labute approximate surface area is 137 Å². The molecule has 1 fully saturated rings. The van der Waals surface area contributed by atoms with Crippen molar-refractivity contribution in [1.29, 1.82) is 0 Å². The van der Waals surface area contributed by atoms with Crippen molar-refractivity contribution in [1.82, 2.24) is 0 Å². The predicted molar refractivity (Wildman–Crippen MR) is 85.5 cm³/mol. The minimum atomic E-state index is -2.98. The molecule has 0 bridgehead atoms. The molecule has 1 aliphatic rings. The molecule has 1 N–H and O–H groups in total. The Balaban J connectivity index is 1.68. The maximum atomic E-state index is 13.3. The summed E-state index contributed by atoms with van der Waals surface area (Å²) in [6.07, 6.45) is 0.522. The van der Waals surface area contributed by atoms with Crippen molar-refractivity contribution in [2.75, 3.05) is 29.2 Å². The van der Waals surface area contributed by atoms with Crippen molar-refractivity contribution in [2.24, 2.45) is 0 Å². The van der Waals surface area contributed by atoms with Gasteiger partial charge in [0, 0.05) is 5.25 Å². The number of benzene rings is 1. The van der Waals surface area contributed by atoms with Crippen molar-refractivity contribution in [3.63, 3.8) is 0 Å². The number of anilines is 1. The topological polar surface area (TPSA) is 89.5 Å². The summed E-state index contributed by atoms with van der Waals surface area (Å²) in [7, 11) is -2.98. The molecule has 23 heavy (non-hydrogen) atoms. The van der Waals surface area contributed by atoms with Crippen molar-refractivity contribution in [3.05, 3.63) is 30.1 Å². The van der Waals surface area contributed by atoms with Gasteiger partial charge >= 0.3 is 5.97 Å². The van der Waals surface area contributed by atoms with Crippen LogP contribution in [0.25, 0.3) is 0 Å². The Bertz CT molecular complexity index is 692. The molecule has 1 atom stereocenters. The van der Waals surface area contributed by atoms with Gasteiger partial charge in [-0.2, -0.15) is 0 Å². The number of halogens is 1. The lowest BCUT2D eigenvalue weighted by molar-refractivity contribution is -0.144. The van der Waals surface area contributed by atoms with Crippen LogP contribution in [0.4, 0.5) is 10.1 Å². The Morgan fingerprint density at radius 1 is 1.35 bits per heavy atom. The average molecular weight is 361 g/mol. The minimum Gasteiger partial charge on any atom is -0.455 e. The van der Waals surface area contributed by atoms with Crippen LogP contribution in [0.3, 0.4) is 0 Å². The molecule has 1 heterocycles. The quantitative estimate of drug-likeness (QED) is 0.767. The van der Waals surface area contributed by atoms with E-state index in [-0.39, 0.29) is 28.2 Å². The fourth-order valence-corrected chi connectivity index (χ4v) is 5.45. The van der Waals surface area contributed by atoms with Gasteiger partial charge in [-0.25, -0.2) is 12.8 Å². The van der Waals surface area contributed by atoms with Gasteiger partial charge < -0.3 is 10.1 Å². The van der Waals surface area contributed by atoms with Crippen molar-refractivity contribution in [3.8, 4) is 0 Å². The number of rotatable bonds is 6. The van der Waals surface area contributed by atoms with E-state index in [1.165, 1.54) is 30.0 Å². The van der Waals surface area contributed by atoms with Crippen LogP contribution in [0.5, 0.6) is 0 Å². The third-order valence-corrected chi connectivity index (χ3v) is 6.39. The van der Waals surface area contributed by atoms with Crippen LogP contribution >= 0.6 is 11.8 Å². The van der Waals surface area contributed by atoms with Gasteiger partial charge in [-0.3, -0.25) is 9.59 Å². The molecular formula is C14H16FNO5S2. The maximum absolute atomic E-state index is 13.3. The number of ether oxygens (including phenoxy) is 1. The lowest BCUT2D eigenvalue weighted by atomic mass is 10.3. The van der Waals surface area contributed by atoms with Crippen LogP contribution in [0, 0.1) is 5.82 Å². The van der Waals surface area contributed by atoms with Gasteiger partial charge in [0.25, 0.3) is 5.91 Å². The van der Waals surface area contributed by atoms with Crippen LogP contribution in [0.15, 0.2) is 24.3 Å². The van der Waals surface area contributed by atoms with E-state index in [0.717, 1.165) is 0 Å². The number of para-hydroxylation sites is 1. The summed E-state index contributed by atoms with van der Waals surface area (Å²) in [6.45, 7) is -0.517. The van der Waals surface area contributed by atoms with Crippen molar-refractivity contribution in [2.45, 2.75) is 11.7 Å². The zero-order chi connectivity index (χ0) is 16.9. The maximum Gasteiger partial charge on any atom is 0.316 e. The average Bonchev–Trinajstić information content (AvgIpc) is 2.85. The van der Waals surface area contributed by atoms with Crippen LogP contribution in [0.1, 0.15) is 6.42 Å². The van der Waals surface area contributed by atoms with E-state index in [1.54, 1.807) is 6.07 Å². The van der Waals surface area contributed by atoms with E-state index in [0.29, 0.717) is 6.42 Å². The second-order valence-corrected chi connectivity index (χ2v) is 8.54. The van der Waals surface area contributed by atoms with E-state index in [2.05, 4.69) is 5.32 Å². The highest BCUT2D eigenvalue weighted by molar-refractivity contribution is 8.02. The van der Waals surface area contributed by atoms with E-state index in [4.69, 9.17) is 4.74 Å². The molecule has 6 nitrogen and oxygen atoms in total. The molecule has 0 radical (unpaired) electrons. The second kappa shape index (κ2) is 7.78. The van der Waals surface area contributed by atoms with Crippen LogP contribution in [-0.4, -0.2) is 49.4 Å². The van der Waals surface area contributed by atoms with Gasteiger partial charge in [0.2, 0.25) is 0 Å². The van der Waals surface area contributed by atoms with Gasteiger partial charge in [-0.05, 0) is 18.6 Å². The highest BCUT2D eigenvalue weighted by Gasteiger charge is 2.28. The van der Waals surface area contributed by atoms with E-state index >= 15 is 0 Å². The van der Waals surface area contributed by atoms with Crippen LogP contribution in [0.2, 0.25) is 0 Å². The zero-order valence-electron chi connectivity index (χ0n) is 12.2. The van der Waals surface area contributed by atoms with Crippen LogP contribution in [-0.2, 0) is 24.2 Å². The van der Waals surface area contributed by atoms with E-state index in [9.17, 15) is 22.4 Å². The zero-order valence-corrected chi connectivity index (χ0v) is 13.8. The summed E-state index contributed by atoms with van der Waals surface area (Å²) >= 11 is 1.21. The van der Waals surface area contributed by atoms with Crippen molar-refractivity contribution < 1.29 is 27.1 Å². The lowest BCUT2D eigenvalue weighted by Gasteiger charge is -2.09. The fourth-order valence-electron chi connectivity index (χ4n) is 2.01. The standard InChI is InChI=1S/C14H16FNO5S2/c15-11-3-1-2-4-12(11)16-13(17)7-21-14(18)8-22-10-5-6-23(19,20)9-10/h1-4,10H,5-9H2,(H,16,17)/t10-/m1/s1. The molecule has 9 heteroatoms. The summed E-state index contributed by atoms with van der Waals surface area (Å²) < 4.78 is 40.7. The number of carbonyl (C=O) groups is 2. The third kappa shape index (κ3) is 5.83. The Morgan fingerprint density at radius 2 is 2.09 bits per heavy atom. The first-order valence-electron chi connectivity index (χ1n) is 6.88. The molecule has 1 saturated heterocycles. The molecule has 1 aliphatic heterocycles. The summed E-state index contributed by atoms with van der Waals surface area (Å²) in [5, 5.41) is 2.18. The third-order valence-electron chi connectivity index (χ3n) is 3.14. The predicted octanol–water partition coefficient (Wildman–Crippen LogP) is 1.23. The molecule has 0 aromatic heterocycles. The summed E-state index contributed by atoms with van der Waals surface area (Å²) in [5.74, 6) is -1.64. The fraction of sp³-hybridized carbons (Fsp3) is 0.429. The van der Waals surface area contributed by atoms with Crippen LogP contribution < -0.4 is 5.32 Å². The Hall–Kier alpha value is -1.61. The number of sulfone groups is 1. The first-order chi connectivity index (χ1) is 10.9. The number of esters is 1. The summed E-state index contributed by atoms with van der Waals surface area (Å²) in [5.41, 5.74) is 0.0130. The SMILES string of the molecule is O=C(COC(=O)CS[C@@H]1CCS(=O)(=O)C1)Nc1ccccc1F. The van der Waals surface area contributed by atoms with Crippen molar-refractivity contribution >= 4 is 39.2 Å². The molecule has 0 saturated carbocycles. The lowest BCUT2D eigenvalue weighted by Crippen LogP contribution is -2.22. The molecule has 2 rings (SSSR count). The minimum absolute atomic E-state index is 0.0130. The van der Waals surface area contributed by atoms with E-state index in [1.807, 2.05) is 0 Å². The molecule has 0 unspecified atom stereocenters. The normalized spacial score (nSPS) is 19.3. The molecule has 0 aliphatic carbocycles. The number of hydrogen-bond donors (Lipinski definition) is 1. The number of hydrogen-bond acceptors (Lipinski definition) is 6. The van der Waals surface area contributed by atoms with Gasteiger partial charge in [0.15, 0.2) is 16.4 Å². The largest absolute Gasteiger partial charge is 0.455 e. The van der Waals surface area contributed by atoms with Gasteiger partial charge in [-0.15, -0.1) is 11.8 Å². The molecule has 0 spiro atoms.